The van der Waals surface area contributed by atoms with Gasteiger partial charge in [-0.15, -0.1) is 0 Å². The van der Waals surface area contributed by atoms with E-state index in [4.69, 9.17) is 0 Å². The van der Waals surface area contributed by atoms with Crippen molar-refractivity contribution in [2.45, 2.75) is 39.2 Å². The fourth-order valence-corrected chi connectivity index (χ4v) is 2.85. The van der Waals surface area contributed by atoms with E-state index in [9.17, 15) is 5.11 Å². The Bertz CT molecular complexity index is 441. The van der Waals surface area contributed by atoms with Crippen LogP contribution in [-0.4, -0.2) is 48.4 Å². The van der Waals surface area contributed by atoms with Crippen molar-refractivity contribution >= 4 is 11.8 Å². The van der Waals surface area contributed by atoms with Gasteiger partial charge in [-0.05, 0) is 32.1 Å². The smallest absolute Gasteiger partial charge is 0.227 e. The molecule has 1 aliphatic heterocycles. The molecule has 0 unspecified atom stereocenters. The van der Waals surface area contributed by atoms with Gasteiger partial charge in [0.05, 0.1) is 6.10 Å². The third kappa shape index (κ3) is 3.20. The number of aromatic nitrogens is 2. The minimum atomic E-state index is -0.159. The molecule has 2 heterocycles. The normalized spacial score (nSPS) is 18.1. The standard InChI is InChI=1S/C15H26N4O/c1-5-13(20)12-6-8-19(9-7-12)15-16-10-11(2)14(17-15)18(3)4/h10,12-13,20H,5-9H2,1-4H3/t13-/m1/s1. The van der Waals surface area contributed by atoms with E-state index in [1.54, 1.807) is 0 Å². The molecule has 1 fully saturated rings. The van der Waals surface area contributed by atoms with E-state index in [0.717, 1.165) is 49.7 Å². The van der Waals surface area contributed by atoms with E-state index in [0.29, 0.717) is 5.92 Å². The number of rotatable bonds is 4. The monoisotopic (exact) mass is 278 g/mol. The zero-order chi connectivity index (χ0) is 14.7. The molecule has 1 aliphatic rings. The van der Waals surface area contributed by atoms with E-state index >= 15 is 0 Å². The van der Waals surface area contributed by atoms with Crippen LogP contribution in [-0.2, 0) is 0 Å². The van der Waals surface area contributed by atoms with E-state index in [1.165, 1.54) is 0 Å². The fourth-order valence-electron chi connectivity index (χ4n) is 2.85. The highest BCUT2D eigenvalue weighted by atomic mass is 16.3. The summed E-state index contributed by atoms with van der Waals surface area (Å²) in [6, 6.07) is 0. The van der Waals surface area contributed by atoms with Gasteiger partial charge < -0.3 is 14.9 Å². The van der Waals surface area contributed by atoms with Gasteiger partial charge in [0.15, 0.2) is 0 Å². The van der Waals surface area contributed by atoms with E-state index < -0.39 is 0 Å². The Kier molecular flexibility index (Phi) is 4.81. The first-order valence-corrected chi connectivity index (χ1v) is 7.47. The van der Waals surface area contributed by atoms with Crippen molar-refractivity contribution in [2.75, 3.05) is 37.0 Å². The van der Waals surface area contributed by atoms with Crippen molar-refractivity contribution in [3.63, 3.8) is 0 Å². The highest BCUT2D eigenvalue weighted by Crippen LogP contribution is 2.26. The maximum Gasteiger partial charge on any atom is 0.227 e. The molecule has 0 amide bonds. The van der Waals surface area contributed by atoms with Crippen molar-refractivity contribution < 1.29 is 5.11 Å². The average Bonchev–Trinajstić information content (AvgIpc) is 2.47. The van der Waals surface area contributed by atoms with Crippen molar-refractivity contribution in [1.29, 1.82) is 0 Å². The second-order valence-corrected chi connectivity index (χ2v) is 5.87. The number of aliphatic hydroxyl groups is 1. The highest BCUT2D eigenvalue weighted by Gasteiger charge is 2.25. The highest BCUT2D eigenvalue weighted by molar-refractivity contribution is 5.48. The molecule has 1 saturated heterocycles. The van der Waals surface area contributed by atoms with Crippen molar-refractivity contribution in [3.8, 4) is 0 Å². The molecule has 0 aromatic carbocycles. The quantitative estimate of drug-likeness (QED) is 0.911. The van der Waals surface area contributed by atoms with Gasteiger partial charge in [0.25, 0.3) is 0 Å². The Balaban J connectivity index is 2.05. The molecule has 112 valence electrons. The summed E-state index contributed by atoms with van der Waals surface area (Å²) in [4.78, 5) is 13.4. The summed E-state index contributed by atoms with van der Waals surface area (Å²) in [5, 5.41) is 9.94. The zero-order valence-electron chi connectivity index (χ0n) is 13.0. The van der Waals surface area contributed by atoms with E-state index in [1.807, 2.05) is 39.0 Å². The van der Waals surface area contributed by atoms with Gasteiger partial charge >= 0.3 is 0 Å². The lowest BCUT2D eigenvalue weighted by atomic mass is 9.90. The van der Waals surface area contributed by atoms with Gasteiger partial charge in [0, 0.05) is 38.9 Å². The molecule has 2 rings (SSSR count). The molecule has 0 aliphatic carbocycles. The van der Waals surface area contributed by atoms with Gasteiger partial charge in [-0.2, -0.15) is 4.98 Å². The second kappa shape index (κ2) is 6.39. The summed E-state index contributed by atoms with van der Waals surface area (Å²) < 4.78 is 0. The van der Waals surface area contributed by atoms with Crippen LogP contribution < -0.4 is 9.80 Å². The zero-order valence-corrected chi connectivity index (χ0v) is 13.0. The van der Waals surface area contributed by atoms with Gasteiger partial charge in [0.2, 0.25) is 5.95 Å². The molecule has 0 spiro atoms. The van der Waals surface area contributed by atoms with Crippen LogP contribution in [0.2, 0.25) is 0 Å². The third-order valence-corrected chi connectivity index (χ3v) is 4.14. The van der Waals surface area contributed by atoms with Crippen LogP contribution in [0, 0.1) is 12.8 Å². The van der Waals surface area contributed by atoms with Crippen LogP contribution in [0.1, 0.15) is 31.7 Å². The van der Waals surface area contributed by atoms with E-state index in [-0.39, 0.29) is 6.10 Å². The summed E-state index contributed by atoms with van der Waals surface area (Å²) in [5.74, 6) is 2.21. The molecular weight excluding hydrogens is 252 g/mol. The molecule has 1 aromatic heterocycles. The van der Waals surface area contributed by atoms with Crippen LogP contribution in [0.15, 0.2) is 6.20 Å². The van der Waals surface area contributed by atoms with Gasteiger partial charge in [0.1, 0.15) is 5.82 Å². The lowest BCUT2D eigenvalue weighted by molar-refractivity contribution is 0.0891. The molecule has 20 heavy (non-hydrogen) atoms. The van der Waals surface area contributed by atoms with Gasteiger partial charge in [-0.3, -0.25) is 0 Å². The largest absolute Gasteiger partial charge is 0.393 e. The first kappa shape index (κ1) is 15.0. The predicted octanol–water partition coefficient (Wildman–Crippen LogP) is 1.84. The summed E-state index contributed by atoms with van der Waals surface area (Å²) in [7, 11) is 4.01. The number of anilines is 2. The molecular formula is C15H26N4O. The van der Waals surface area contributed by atoms with E-state index in [2.05, 4.69) is 14.9 Å². The second-order valence-electron chi connectivity index (χ2n) is 5.87. The molecule has 5 heteroatoms. The van der Waals surface area contributed by atoms with Crippen LogP contribution in [0.25, 0.3) is 0 Å². The average molecular weight is 278 g/mol. The number of hydrogen-bond donors (Lipinski definition) is 1. The van der Waals surface area contributed by atoms with Gasteiger partial charge in [-0.1, -0.05) is 6.92 Å². The SMILES string of the molecule is CC[C@@H](O)C1CCN(c2ncc(C)c(N(C)C)n2)CC1. The first-order valence-electron chi connectivity index (χ1n) is 7.47. The number of nitrogens with zero attached hydrogens (tertiary/aromatic N) is 4. The first-order chi connectivity index (χ1) is 9.52. The molecule has 1 aromatic rings. The topological polar surface area (TPSA) is 52.5 Å². The van der Waals surface area contributed by atoms with Crippen molar-refractivity contribution in [3.05, 3.63) is 11.8 Å². The fraction of sp³-hybridized carbons (Fsp3) is 0.733. The predicted molar refractivity (Wildman–Crippen MR) is 82.3 cm³/mol. The molecule has 0 saturated carbocycles. The number of aryl methyl sites for hydroxylation is 1. The molecule has 5 nitrogen and oxygen atoms in total. The number of piperidine rings is 1. The minimum absolute atomic E-state index is 0.159. The Labute approximate surface area is 121 Å². The Morgan fingerprint density at radius 2 is 2.05 bits per heavy atom. The maximum atomic E-state index is 9.94. The van der Waals surface area contributed by atoms with Crippen LogP contribution >= 0.6 is 0 Å². The summed E-state index contributed by atoms with van der Waals surface area (Å²) >= 11 is 0. The van der Waals surface area contributed by atoms with Crippen LogP contribution in [0.5, 0.6) is 0 Å². The van der Waals surface area contributed by atoms with Crippen molar-refractivity contribution in [2.24, 2.45) is 5.92 Å². The van der Waals surface area contributed by atoms with Crippen LogP contribution in [0.4, 0.5) is 11.8 Å². The number of hydrogen-bond acceptors (Lipinski definition) is 5. The maximum absolute atomic E-state index is 9.94. The summed E-state index contributed by atoms with van der Waals surface area (Å²) in [6.07, 6.45) is 4.61. The molecule has 0 radical (unpaired) electrons. The lowest BCUT2D eigenvalue weighted by Crippen LogP contribution is -2.38. The molecule has 0 bridgehead atoms. The summed E-state index contributed by atoms with van der Waals surface area (Å²) in [5.41, 5.74) is 1.09. The Morgan fingerprint density at radius 1 is 1.40 bits per heavy atom. The lowest BCUT2D eigenvalue weighted by Gasteiger charge is -2.34. The molecule has 1 atom stereocenters. The number of aliphatic hydroxyl groups excluding tert-OH is 1. The van der Waals surface area contributed by atoms with Gasteiger partial charge in [-0.25, -0.2) is 4.98 Å². The third-order valence-electron chi connectivity index (χ3n) is 4.14. The molecule has 1 N–H and O–H groups in total. The van der Waals surface area contributed by atoms with Crippen LogP contribution in [0.3, 0.4) is 0 Å². The minimum Gasteiger partial charge on any atom is -0.393 e. The summed E-state index contributed by atoms with van der Waals surface area (Å²) in [6.45, 7) is 5.93. The van der Waals surface area contributed by atoms with Crippen molar-refractivity contribution in [1.82, 2.24) is 9.97 Å². The Morgan fingerprint density at radius 3 is 2.60 bits per heavy atom. The Hall–Kier alpha value is -1.36.